The van der Waals surface area contributed by atoms with Crippen molar-refractivity contribution in [2.75, 3.05) is 13.1 Å². The summed E-state index contributed by atoms with van der Waals surface area (Å²) in [4.78, 5) is 0. The number of oxime groups is 2. The molecule has 0 aromatic rings. The molecule has 0 saturated heterocycles. The van der Waals surface area contributed by atoms with Crippen molar-refractivity contribution in [3.05, 3.63) is 0 Å². The number of nitrogens with zero attached hydrogens (tertiary/aromatic N) is 2. The maximum Gasteiger partial charge on any atom is 0.0761 e. The minimum absolute atomic E-state index is 0.181. The summed E-state index contributed by atoms with van der Waals surface area (Å²) in [5, 5.41) is 27.5. The third-order valence-corrected chi connectivity index (χ3v) is 2.56. The highest BCUT2D eigenvalue weighted by molar-refractivity contribution is 5.93. The molecule has 0 radical (unpaired) electrons. The van der Waals surface area contributed by atoms with E-state index in [1.165, 1.54) is 0 Å². The molecule has 0 amide bonds. The zero-order valence-corrected chi connectivity index (χ0v) is 11.7. The summed E-state index contributed by atoms with van der Waals surface area (Å²) in [6.45, 7) is 12.8. The number of nitrogens with one attached hydrogen (secondary N) is 1. The summed E-state index contributed by atoms with van der Waals surface area (Å²) >= 11 is 0. The first kappa shape index (κ1) is 15.9. The predicted octanol–water partition coefficient (Wildman–Crippen LogP) is 2.33. The Kier molecular flexibility index (Phi) is 5.61. The molecule has 0 spiro atoms. The molecular formula is C12H25N3O2. The lowest BCUT2D eigenvalue weighted by atomic mass is 9.88. The van der Waals surface area contributed by atoms with E-state index in [2.05, 4.69) is 15.6 Å². The Morgan fingerprint density at radius 1 is 0.824 bits per heavy atom. The SMILES string of the molecule is CC(C)(C)C(CNCC(=NO)C(C)(C)C)=NO. The summed E-state index contributed by atoms with van der Waals surface area (Å²) in [6.07, 6.45) is 0. The van der Waals surface area contributed by atoms with Crippen molar-refractivity contribution in [2.24, 2.45) is 21.1 Å². The largest absolute Gasteiger partial charge is 0.411 e. The Morgan fingerprint density at radius 3 is 1.29 bits per heavy atom. The standard InChI is InChI=1S/C12H25N3O2/c1-11(2,3)9(14-16)7-13-8-10(15-17)12(4,5)6/h13,16-17H,7-8H2,1-6H3. The molecule has 0 aliphatic heterocycles. The molecular weight excluding hydrogens is 218 g/mol. The molecule has 0 aliphatic rings. The second-order valence-corrected chi connectivity index (χ2v) is 6.20. The average molecular weight is 243 g/mol. The van der Waals surface area contributed by atoms with E-state index in [9.17, 15) is 0 Å². The van der Waals surface area contributed by atoms with Gasteiger partial charge in [-0.25, -0.2) is 0 Å². The van der Waals surface area contributed by atoms with Crippen LogP contribution in [0.15, 0.2) is 10.3 Å². The average Bonchev–Trinajstić information content (AvgIpc) is 2.13. The lowest BCUT2D eigenvalue weighted by molar-refractivity contribution is 0.307. The molecule has 0 aliphatic carbocycles. The van der Waals surface area contributed by atoms with E-state index in [1.807, 2.05) is 41.5 Å². The van der Waals surface area contributed by atoms with Gasteiger partial charge in [-0.3, -0.25) is 0 Å². The van der Waals surface area contributed by atoms with Gasteiger partial charge in [0.2, 0.25) is 0 Å². The van der Waals surface area contributed by atoms with Gasteiger partial charge in [-0.2, -0.15) is 0 Å². The van der Waals surface area contributed by atoms with Crippen LogP contribution in [0.4, 0.5) is 0 Å². The van der Waals surface area contributed by atoms with E-state index in [1.54, 1.807) is 0 Å². The van der Waals surface area contributed by atoms with Crippen molar-refractivity contribution in [2.45, 2.75) is 41.5 Å². The Labute approximate surface area is 104 Å². The normalized spacial score (nSPS) is 15.2. The molecule has 0 atom stereocenters. The molecule has 0 rings (SSSR count). The van der Waals surface area contributed by atoms with Gasteiger partial charge in [0, 0.05) is 23.9 Å². The van der Waals surface area contributed by atoms with Gasteiger partial charge in [0.1, 0.15) is 0 Å². The van der Waals surface area contributed by atoms with Crippen LogP contribution in [0.2, 0.25) is 0 Å². The van der Waals surface area contributed by atoms with Crippen LogP contribution in [0, 0.1) is 10.8 Å². The number of rotatable bonds is 4. The van der Waals surface area contributed by atoms with Gasteiger partial charge in [-0.05, 0) is 0 Å². The molecule has 0 aromatic heterocycles. The Bertz CT molecular complexity index is 266. The fraction of sp³-hybridized carbons (Fsp3) is 0.833. The summed E-state index contributed by atoms with van der Waals surface area (Å²) in [5.74, 6) is 0. The van der Waals surface area contributed by atoms with E-state index in [4.69, 9.17) is 10.4 Å². The highest BCUT2D eigenvalue weighted by Gasteiger charge is 2.22. The maximum absolute atomic E-state index is 8.91. The molecule has 0 saturated carbocycles. The molecule has 0 fully saturated rings. The van der Waals surface area contributed by atoms with E-state index < -0.39 is 0 Å². The Morgan fingerprint density at radius 2 is 1.12 bits per heavy atom. The topological polar surface area (TPSA) is 77.2 Å². The predicted molar refractivity (Wildman–Crippen MR) is 70.2 cm³/mol. The Balaban J connectivity index is 4.34. The summed E-state index contributed by atoms with van der Waals surface area (Å²) in [6, 6.07) is 0. The first-order valence-electron chi connectivity index (χ1n) is 5.76. The van der Waals surface area contributed by atoms with Crippen molar-refractivity contribution < 1.29 is 10.4 Å². The first-order valence-corrected chi connectivity index (χ1v) is 5.76. The molecule has 3 N–H and O–H groups in total. The molecule has 5 nitrogen and oxygen atoms in total. The van der Waals surface area contributed by atoms with Crippen LogP contribution < -0.4 is 5.32 Å². The van der Waals surface area contributed by atoms with Crippen LogP contribution in [0.1, 0.15) is 41.5 Å². The minimum Gasteiger partial charge on any atom is -0.411 e. The molecule has 100 valence electrons. The Hall–Kier alpha value is -1.10. The van der Waals surface area contributed by atoms with Crippen LogP contribution in [0.25, 0.3) is 0 Å². The summed E-state index contributed by atoms with van der Waals surface area (Å²) in [7, 11) is 0. The smallest absolute Gasteiger partial charge is 0.0761 e. The van der Waals surface area contributed by atoms with E-state index in [0.717, 1.165) is 0 Å². The van der Waals surface area contributed by atoms with Gasteiger partial charge >= 0.3 is 0 Å². The summed E-state index contributed by atoms with van der Waals surface area (Å²) < 4.78 is 0. The lowest BCUT2D eigenvalue weighted by Gasteiger charge is -2.23. The van der Waals surface area contributed by atoms with Crippen molar-refractivity contribution in [3.63, 3.8) is 0 Å². The van der Waals surface area contributed by atoms with Crippen LogP contribution in [-0.2, 0) is 0 Å². The molecule has 0 aromatic carbocycles. The molecule has 0 bridgehead atoms. The monoisotopic (exact) mass is 243 g/mol. The van der Waals surface area contributed by atoms with Crippen LogP contribution in [0.5, 0.6) is 0 Å². The fourth-order valence-corrected chi connectivity index (χ4v) is 1.20. The fourth-order valence-electron chi connectivity index (χ4n) is 1.20. The third-order valence-electron chi connectivity index (χ3n) is 2.56. The lowest BCUT2D eigenvalue weighted by Crippen LogP contribution is -2.38. The molecule has 0 heterocycles. The minimum atomic E-state index is -0.181. The molecule has 5 heteroatoms. The zero-order chi connectivity index (χ0) is 13.7. The van der Waals surface area contributed by atoms with Gasteiger partial charge in [-0.1, -0.05) is 51.9 Å². The third kappa shape index (κ3) is 5.68. The summed E-state index contributed by atoms with van der Waals surface area (Å²) in [5.41, 5.74) is 0.979. The van der Waals surface area contributed by atoms with Crippen molar-refractivity contribution >= 4 is 11.4 Å². The molecule has 17 heavy (non-hydrogen) atoms. The van der Waals surface area contributed by atoms with Crippen molar-refractivity contribution in [3.8, 4) is 0 Å². The van der Waals surface area contributed by atoms with Gasteiger partial charge in [-0.15, -0.1) is 0 Å². The van der Waals surface area contributed by atoms with E-state index >= 15 is 0 Å². The second-order valence-electron chi connectivity index (χ2n) is 6.20. The zero-order valence-electron chi connectivity index (χ0n) is 11.7. The van der Waals surface area contributed by atoms with E-state index in [0.29, 0.717) is 24.5 Å². The van der Waals surface area contributed by atoms with Crippen LogP contribution in [-0.4, -0.2) is 34.9 Å². The maximum atomic E-state index is 8.91. The number of hydrogen-bond acceptors (Lipinski definition) is 5. The van der Waals surface area contributed by atoms with Crippen LogP contribution >= 0.6 is 0 Å². The highest BCUT2D eigenvalue weighted by atomic mass is 16.4. The van der Waals surface area contributed by atoms with Gasteiger partial charge in [0.05, 0.1) is 11.4 Å². The molecule has 0 unspecified atom stereocenters. The second kappa shape index (κ2) is 6.00. The van der Waals surface area contributed by atoms with Gasteiger partial charge in [0.25, 0.3) is 0 Å². The van der Waals surface area contributed by atoms with E-state index in [-0.39, 0.29) is 10.8 Å². The van der Waals surface area contributed by atoms with Crippen molar-refractivity contribution in [1.82, 2.24) is 5.32 Å². The first-order chi connectivity index (χ1) is 7.62. The highest BCUT2D eigenvalue weighted by Crippen LogP contribution is 2.16. The van der Waals surface area contributed by atoms with Gasteiger partial charge in [0.15, 0.2) is 0 Å². The quantitative estimate of drug-likeness (QED) is 0.403. The van der Waals surface area contributed by atoms with Gasteiger partial charge < -0.3 is 15.7 Å². The number of hydrogen-bond donors (Lipinski definition) is 3. The van der Waals surface area contributed by atoms with Crippen molar-refractivity contribution in [1.29, 1.82) is 0 Å². The van der Waals surface area contributed by atoms with Crippen LogP contribution in [0.3, 0.4) is 0 Å².